The first-order valence-corrected chi connectivity index (χ1v) is 16.5. The van der Waals surface area contributed by atoms with Crippen LogP contribution in [0, 0.1) is 0 Å². The molecular formula is C37H38O16. The van der Waals surface area contributed by atoms with Gasteiger partial charge in [0.2, 0.25) is 6.29 Å². The van der Waals surface area contributed by atoms with Crippen molar-refractivity contribution in [2.75, 3.05) is 13.7 Å². The number of hydrogen-bond acceptors (Lipinski definition) is 16. The molecule has 10 atom stereocenters. The Hall–Kier alpha value is -5.04. The fourth-order valence-electron chi connectivity index (χ4n) is 5.89. The van der Waals surface area contributed by atoms with E-state index >= 15 is 0 Å². The van der Waals surface area contributed by atoms with Gasteiger partial charge in [-0.15, -0.1) is 0 Å². The molecule has 0 bridgehead atoms. The fraction of sp³-hybridized carbons (Fsp3) is 0.351. The quantitative estimate of drug-likeness (QED) is 0.0892. The lowest BCUT2D eigenvalue weighted by molar-refractivity contribution is -0.319. The topological polar surface area (TPSA) is 244 Å². The number of aromatic hydroxyl groups is 2. The number of hydrogen-bond donors (Lipinski definition) is 7. The standard InChI is InChI=1S/C37H38O16/c1-17-30(42)31(43)33(45)36(49-17)48-16-27-35(53-28(41)12-5-18-3-10-21(47-2)11-4-18)32(44)34(46)37(52-27)50-22-13-23(39)29-24(40)15-25(51-26(29)14-22)19-6-8-20(38)9-7-19/h3-15,17,27,30-39,42-46H,16H2,1-2H3. The van der Waals surface area contributed by atoms with E-state index in [0.29, 0.717) is 16.9 Å². The van der Waals surface area contributed by atoms with Gasteiger partial charge in [-0.25, -0.2) is 4.79 Å². The van der Waals surface area contributed by atoms with Crippen molar-refractivity contribution in [2.45, 2.75) is 68.3 Å². The van der Waals surface area contributed by atoms with E-state index in [1.54, 1.807) is 24.3 Å². The molecule has 2 fully saturated rings. The lowest BCUT2D eigenvalue weighted by Gasteiger charge is -2.43. The highest BCUT2D eigenvalue weighted by atomic mass is 16.7. The van der Waals surface area contributed by atoms with Crippen LogP contribution in [0.25, 0.3) is 28.4 Å². The van der Waals surface area contributed by atoms with E-state index in [0.717, 1.165) is 12.1 Å². The molecule has 2 saturated heterocycles. The Morgan fingerprint density at radius 3 is 2.21 bits per heavy atom. The number of phenols is 2. The van der Waals surface area contributed by atoms with Gasteiger partial charge in [-0.05, 0) is 55.0 Å². The first-order valence-electron chi connectivity index (χ1n) is 16.5. The number of rotatable bonds is 10. The second kappa shape index (κ2) is 15.9. The molecule has 0 amide bonds. The Balaban J connectivity index is 1.24. The van der Waals surface area contributed by atoms with Crippen LogP contribution in [0.5, 0.6) is 23.0 Å². The van der Waals surface area contributed by atoms with Gasteiger partial charge < -0.3 is 68.6 Å². The number of carbonyl (C=O) groups is 1. The number of benzene rings is 3. The summed E-state index contributed by atoms with van der Waals surface area (Å²) in [5.74, 6) is -0.894. The van der Waals surface area contributed by atoms with Crippen molar-refractivity contribution in [1.82, 2.24) is 0 Å². The van der Waals surface area contributed by atoms with E-state index in [1.807, 2.05) is 0 Å². The zero-order valence-electron chi connectivity index (χ0n) is 28.3. The third-order valence-corrected chi connectivity index (χ3v) is 8.84. The molecular weight excluding hydrogens is 700 g/mol. The van der Waals surface area contributed by atoms with Crippen molar-refractivity contribution in [3.8, 4) is 34.3 Å². The van der Waals surface area contributed by atoms with E-state index in [4.69, 9.17) is 32.8 Å². The van der Waals surface area contributed by atoms with Gasteiger partial charge in [0.25, 0.3) is 0 Å². The van der Waals surface area contributed by atoms with Crippen LogP contribution in [-0.2, 0) is 23.7 Å². The third kappa shape index (κ3) is 8.30. The highest BCUT2D eigenvalue weighted by Crippen LogP contribution is 2.34. The molecule has 53 heavy (non-hydrogen) atoms. The first kappa shape index (κ1) is 37.7. The van der Waals surface area contributed by atoms with Crippen molar-refractivity contribution in [1.29, 1.82) is 0 Å². The molecule has 282 valence electrons. The van der Waals surface area contributed by atoms with Gasteiger partial charge in [-0.1, -0.05) is 12.1 Å². The molecule has 2 aliphatic heterocycles. The Bertz CT molecular complexity index is 1980. The van der Waals surface area contributed by atoms with Crippen LogP contribution in [0.1, 0.15) is 12.5 Å². The predicted molar refractivity (Wildman–Crippen MR) is 183 cm³/mol. The van der Waals surface area contributed by atoms with Crippen molar-refractivity contribution in [3.05, 3.63) is 88.6 Å². The number of aliphatic hydroxyl groups excluding tert-OH is 5. The molecule has 3 aromatic carbocycles. The maximum Gasteiger partial charge on any atom is 0.331 e. The maximum atomic E-state index is 12.9. The summed E-state index contributed by atoms with van der Waals surface area (Å²) >= 11 is 0. The van der Waals surface area contributed by atoms with Gasteiger partial charge in [-0.2, -0.15) is 0 Å². The average molecular weight is 739 g/mol. The second-order valence-electron chi connectivity index (χ2n) is 12.5. The van der Waals surface area contributed by atoms with Crippen molar-refractivity contribution in [3.63, 3.8) is 0 Å². The summed E-state index contributed by atoms with van der Waals surface area (Å²) in [5.41, 5.74) is 0.395. The molecule has 2 aliphatic rings. The van der Waals surface area contributed by atoms with Crippen LogP contribution in [-0.4, -0.2) is 117 Å². The number of ether oxygens (including phenoxy) is 6. The fourth-order valence-corrected chi connectivity index (χ4v) is 5.89. The van der Waals surface area contributed by atoms with Gasteiger partial charge >= 0.3 is 5.97 Å². The molecule has 10 unspecified atom stereocenters. The average Bonchev–Trinajstić information content (AvgIpc) is 3.14. The Labute approximate surface area is 301 Å². The minimum Gasteiger partial charge on any atom is -0.508 e. The Kier molecular flexibility index (Phi) is 11.3. The van der Waals surface area contributed by atoms with Gasteiger partial charge in [-0.3, -0.25) is 4.79 Å². The van der Waals surface area contributed by atoms with E-state index in [1.165, 1.54) is 56.5 Å². The summed E-state index contributed by atoms with van der Waals surface area (Å²) in [7, 11) is 1.51. The Morgan fingerprint density at radius 1 is 0.811 bits per heavy atom. The van der Waals surface area contributed by atoms with Gasteiger partial charge in [0.15, 0.2) is 17.8 Å². The summed E-state index contributed by atoms with van der Waals surface area (Å²) in [6.45, 7) is 0.889. The summed E-state index contributed by atoms with van der Waals surface area (Å²) in [5, 5.41) is 73.3. The monoisotopic (exact) mass is 738 g/mol. The second-order valence-corrected chi connectivity index (χ2v) is 12.5. The van der Waals surface area contributed by atoms with E-state index < -0.39 is 85.2 Å². The molecule has 0 radical (unpaired) electrons. The molecule has 7 N–H and O–H groups in total. The van der Waals surface area contributed by atoms with Gasteiger partial charge in [0, 0.05) is 29.8 Å². The van der Waals surface area contributed by atoms with Crippen molar-refractivity contribution < 1.29 is 73.4 Å². The predicted octanol–water partition coefficient (Wildman–Crippen LogP) is 1.17. The van der Waals surface area contributed by atoms with Crippen LogP contribution < -0.4 is 14.9 Å². The smallest absolute Gasteiger partial charge is 0.331 e. The summed E-state index contributed by atoms with van der Waals surface area (Å²) in [6, 6.07) is 16.1. The molecule has 16 nitrogen and oxygen atoms in total. The van der Waals surface area contributed by atoms with Crippen LogP contribution in [0.3, 0.4) is 0 Å². The van der Waals surface area contributed by atoms with Crippen molar-refractivity contribution in [2.24, 2.45) is 0 Å². The number of phenolic OH excluding ortho intramolecular Hbond substituents is 2. The summed E-state index contributed by atoms with van der Waals surface area (Å²) in [4.78, 5) is 25.9. The van der Waals surface area contributed by atoms with Crippen LogP contribution in [0.15, 0.2) is 82.0 Å². The lowest BCUT2D eigenvalue weighted by atomic mass is 9.98. The Morgan fingerprint density at radius 2 is 1.51 bits per heavy atom. The summed E-state index contributed by atoms with van der Waals surface area (Å²) < 4.78 is 39.5. The first-order chi connectivity index (χ1) is 25.3. The maximum absolute atomic E-state index is 12.9. The molecule has 0 aliphatic carbocycles. The van der Waals surface area contributed by atoms with Gasteiger partial charge in [0.05, 0.1) is 19.8 Å². The SMILES string of the molecule is COc1ccc(C=CC(=O)OC2C(COC3OC(C)C(O)C(O)C3O)OC(Oc3cc(O)c4c(=O)cc(-c5ccc(O)cc5)oc4c3)C(O)C2O)cc1. The molecule has 0 spiro atoms. The summed E-state index contributed by atoms with van der Waals surface area (Å²) in [6.07, 6.45) is -13.0. The third-order valence-electron chi connectivity index (χ3n) is 8.84. The van der Waals surface area contributed by atoms with Crippen molar-refractivity contribution >= 4 is 23.0 Å². The highest BCUT2D eigenvalue weighted by molar-refractivity contribution is 5.87. The zero-order chi connectivity index (χ0) is 38.0. The normalized spacial score (nSPS) is 28.9. The lowest BCUT2D eigenvalue weighted by Crippen LogP contribution is -2.62. The van der Waals surface area contributed by atoms with E-state index in [9.17, 15) is 45.3 Å². The molecule has 0 saturated carbocycles. The molecule has 6 rings (SSSR count). The number of carbonyl (C=O) groups excluding carboxylic acids is 1. The number of aliphatic hydroxyl groups is 5. The molecule has 16 heteroatoms. The molecule has 4 aromatic rings. The van der Waals surface area contributed by atoms with Crippen LogP contribution >= 0.6 is 0 Å². The largest absolute Gasteiger partial charge is 0.508 e. The van der Waals surface area contributed by atoms with Crippen LogP contribution in [0.4, 0.5) is 0 Å². The highest BCUT2D eigenvalue weighted by Gasteiger charge is 2.49. The molecule has 3 heterocycles. The minimum atomic E-state index is -1.86. The molecule has 1 aromatic heterocycles. The number of methoxy groups -OCH3 is 1. The van der Waals surface area contributed by atoms with Gasteiger partial charge in [0.1, 0.15) is 76.4 Å². The zero-order valence-corrected chi connectivity index (χ0v) is 28.3. The number of fused-ring (bicyclic) bond motifs is 1. The van der Waals surface area contributed by atoms with Crippen LogP contribution in [0.2, 0.25) is 0 Å². The van der Waals surface area contributed by atoms with E-state index in [2.05, 4.69) is 0 Å². The number of esters is 1. The minimum absolute atomic E-state index is 0.00225. The van der Waals surface area contributed by atoms with E-state index in [-0.39, 0.29) is 28.2 Å².